The predicted molar refractivity (Wildman–Crippen MR) is 136 cm³/mol. The zero-order valence-electron chi connectivity index (χ0n) is 20.4. The van der Waals surface area contributed by atoms with Crippen LogP contribution in [0.15, 0.2) is 66.9 Å². The van der Waals surface area contributed by atoms with E-state index in [9.17, 15) is 4.79 Å². The highest BCUT2D eigenvalue weighted by Gasteiger charge is 2.15. The van der Waals surface area contributed by atoms with Gasteiger partial charge in [0.1, 0.15) is 5.75 Å². The number of hydrogen-bond acceptors (Lipinski definition) is 5. The molecule has 2 aromatic carbocycles. The Bertz CT molecular complexity index is 1280. The second kappa shape index (κ2) is 9.55. The average Bonchev–Trinajstić information content (AvgIpc) is 3.21. The maximum absolute atomic E-state index is 12.7. The normalized spacial score (nSPS) is 11.4. The fourth-order valence-electron chi connectivity index (χ4n) is 3.74. The van der Waals surface area contributed by atoms with Crippen LogP contribution in [0, 0.1) is 0 Å². The molecule has 2 heterocycles. The van der Waals surface area contributed by atoms with Gasteiger partial charge in [0.15, 0.2) is 11.5 Å². The number of aromatic nitrogens is 3. The van der Waals surface area contributed by atoms with Crippen molar-refractivity contribution in [3.63, 3.8) is 0 Å². The molecule has 4 aromatic rings. The Hall–Kier alpha value is -3.87. The molecule has 0 fully saturated rings. The maximum atomic E-state index is 12.7. The Kier molecular flexibility index (Phi) is 6.54. The minimum atomic E-state index is -0.214. The molecule has 4 rings (SSSR count). The molecule has 0 radical (unpaired) electrons. The third kappa shape index (κ3) is 5.20. The molecule has 1 amide bonds. The SMILES string of the molecule is CCN(CC)c1cccc(Oc2ccc3nc(NC(=O)c4ccc(C(C)(C)C)cc4)cn3n2)c1. The summed E-state index contributed by atoms with van der Waals surface area (Å²) in [5.41, 5.74) is 3.51. The molecule has 7 nitrogen and oxygen atoms in total. The highest BCUT2D eigenvalue weighted by Crippen LogP contribution is 2.26. The number of carbonyl (C=O) groups excluding carboxylic acids is 1. The van der Waals surface area contributed by atoms with Crippen molar-refractivity contribution in [1.82, 2.24) is 14.6 Å². The summed E-state index contributed by atoms with van der Waals surface area (Å²) in [6.07, 6.45) is 1.68. The molecule has 0 atom stereocenters. The molecule has 7 heteroatoms. The largest absolute Gasteiger partial charge is 0.438 e. The number of carbonyl (C=O) groups is 1. The van der Waals surface area contributed by atoms with Gasteiger partial charge in [-0.05, 0) is 55.2 Å². The second-order valence-electron chi connectivity index (χ2n) is 9.15. The van der Waals surface area contributed by atoms with E-state index in [1.54, 1.807) is 16.8 Å². The number of fused-ring (bicyclic) bond motifs is 1. The Morgan fingerprint density at radius 1 is 1.03 bits per heavy atom. The third-order valence-electron chi connectivity index (χ3n) is 5.72. The minimum Gasteiger partial charge on any atom is -0.438 e. The number of benzene rings is 2. The van der Waals surface area contributed by atoms with Gasteiger partial charge in [0.05, 0.1) is 6.20 Å². The average molecular weight is 458 g/mol. The van der Waals surface area contributed by atoms with Crippen LogP contribution in [0.5, 0.6) is 11.6 Å². The maximum Gasteiger partial charge on any atom is 0.256 e. The molecular weight excluding hydrogens is 426 g/mol. The first-order chi connectivity index (χ1) is 16.3. The van der Waals surface area contributed by atoms with E-state index in [2.05, 4.69) is 61.0 Å². The molecule has 0 saturated carbocycles. The van der Waals surface area contributed by atoms with E-state index in [0.29, 0.717) is 28.7 Å². The fourth-order valence-corrected chi connectivity index (χ4v) is 3.74. The number of rotatable bonds is 7. The van der Waals surface area contributed by atoms with Crippen LogP contribution in [-0.4, -0.2) is 33.6 Å². The molecular formula is C27H31N5O2. The molecule has 34 heavy (non-hydrogen) atoms. The molecule has 0 unspecified atom stereocenters. The van der Waals surface area contributed by atoms with Gasteiger partial charge in [-0.1, -0.05) is 39.0 Å². The van der Waals surface area contributed by atoms with E-state index in [1.807, 2.05) is 48.5 Å². The van der Waals surface area contributed by atoms with E-state index >= 15 is 0 Å². The Labute approximate surface area is 200 Å². The number of hydrogen-bond donors (Lipinski definition) is 1. The van der Waals surface area contributed by atoms with Crippen molar-refractivity contribution < 1.29 is 9.53 Å². The monoisotopic (exact) mass is 457 g/mol. The van der Waals surface area contributed by atoms with Gasteiger partial charge in [-0.15, -0.1) is 5.10 Å². The van der Waals surface area contributed by atoms with Crippen molar-refractivity contribution in [2.75, 3.05) is 23.3 Å². The van der Waals surface area contributed by atoms with Crippen molar-refractivity contribution in [3.05, 3.63) is 78.0 Å². The molecule has 0 spiro atoms. The number of amides is 1. The van der Waals surface area contributed by atoms with Crippen LogP contribution in [0.25, 0.3) is 5.65 Å². The van der Waals surface area contributed by atoms with E-state index in [-0.39, 0.29) is 11.3 Å². The van der Waals surface area contributed by atoms with Gasteiger partial charge in [0, 0.05) is 36.5 Å². The predicted octanol–water partition coefficient (Wildman–Crippen LogP) is 5.92. The lowest BCUT2D eigenvalue weighted by molar-refractivity contribution is 0.102. The topological polar surface area (TPSA) is 71.8 Å². The third-order valence-corrected chi connectivity index (χ3v) is 5.72. The molecule has 0 bridgehead atoms. The van der Waals surface area contributed by atoms with Crippen LogP contribution in [-0.2, 0) is 5.41 Å². The van der Waals surface area contributed by atoms with Crippen molar-refractivity contribution in [1.29, 1.82) is 0 Å². The van der Waals surface area contributed by atoms with Crippen LogP contribution in [0.3, 0.4) is 0 Å². The van der Waals surface area contributed by atoms with Crippen molar-refractivity contribution in [2.45, 2.75) is 40.0 Å². The molecule has 1 N–H and O–H groups in total. The number of imidazole rings is 1. The summed E-state index contributed by atoms with van der Waals surface area (Å²) in [5, 5.41) is 7.34. The van der Waals surface area contributed by atoms with E-state index in [0.717, 1.165) is 18.8 Å². The van der Waals surface area contributed by atoms with Gasteiger partial charge >= 0.3 is 0 Å². The van der Waals surface area contributed by atoms with Crippen molar-refractivity contribution in [3.8, 4) is 11.6 Å². The Morgan fingerprint density at radius 2 is 1.76 bits per heavy atom. The summed E-state index contributed by atoms with van der Waals surface area (Å²) >= 11 is 0. The number of nitrogens with one attached hydrogen (secondary N) is 1. The lowest BCUT2D eigenvalue weighted by Gasteiger charge is -2.21. The number of ether oxygens (including phenoxy) is 1. The van der Waals surface area contributed by atoms with E-state index in [1.165, 1.54) is 5.56 Å². The van der Waals surface area contributed by atoms with Gasteiger partial charge in [0.25, 0.3) is 5.91 Å². The fraction of sp³-hybridized carbons (Fsp3) is 0.296. The summed E-state index contributed by atoms with van der Waals surface area (Å²) < 4.78 is 7.59. The number of anilines is 2. The highest BCUT2D eigenvalue weighted by atomic mass is 16.5. The Balaban J connectivity index is 1.48. The van der Waals surface area contributed by atoms with Crippen LogP contribution in [0.1, 0.15) is 50.5 Å². The van der Waals surface area contributed by atoms with Gasteiger partial charge in [-0.2, -0.15) is 0 Å². The summed E-state index contributed by atoms with van der Waals surface area (Å²) in [7, 11) is 0. The lowest BCUT2D eigenvalue weighted by Crippen LogP contribution is -2.21. The summed E-state index contributed by atoms with van der Waals surface area (Å²) in [5.74, 6) is 1.37. The Morgan fingerprint density at radius 3 is 2.44 bits per heavy atom. The van der Waals surface area contributed by atoms with Crippen molar-refractivity contribution in [2.24, 2.45) is 0 Å². The first-order valence-corrected chi connectivity index (χ1v) is 11.6. The number of nitrogens with zero attached hydrogens (tertiary/aromatic N) is 4. The highest BCUT2D eigenvalue weighted by molar-refractivity contribution is 6.03. The molecule has 0 aliphatic rings. The summed E-state index contributed by atoms with van der Waals surface area (Å²) in [4.78, 5) is 19.4. The molecule has 0 saturated heterocycles. The smallest absolute Gasteiger partial charge is 0.256 e. The van der Waals surface area contributed by atoms with Gasteiger partial charge in [-0.25, -0.2) is 9.50 Å². The second-order valence-corrected chi connectivity index (χ2v) is 9.15. The summed E-state index contributed by atoms with van der Waals surface area (Å²) in [6, 6.07) is 19.2. The standard InChI is InChI=1S/C27H31N5O2/c1-6-31(7-2)21-9-8-10-22(17-21)34-25-16-15-24-28-23(18-32(24)30-25)29-26(33)19-11-13-20(14-12-19)27(3,4)5/h8-18H,6-7H2,1-5H3,(H,29,33). The first-order valence-electron chi connectivity index (χ1n) is 11.6. The van der Waals surface area contributed by atoms with Gasteiger partial charge in [-0.3, -0.25) is 4.79 Å². The van der Waals surface area contributed by atoms with Crippen LogP contribution < -0.4 is 15.0 Å². The lowest BCUT2D eigenvalue weighted by atomic mass is 9.87. The quantitative estimate of drug-likeness (QED) is 0.373. The molecule has 0 aliphatic heterocycles. The van der Waals surface area contributed by atoms with E-state index < -0.39 is 0 Å². The first kappa shape index (κ1) is 23.3. The zero-order chi connectivity index (χ0) is 24.3. The van der Waals surface area contributed by atoms with Crippen LogP contribution in [0.4, 0.5) is 11.5 Å². The van der Waals surface area contributed by atoms with E-state index in [4.69, 9.17) is 4.74 Å². The van der Waals surface area contributed by atoms with Crippen LogP contribution >= 0.6 is 0 Å². The zero-order valence-corrected chi connectivity index (χ0v) is 20.4. The van der Waals surface area contributed by atoms with Crippen LogP contribution in [0.2, 0.25) is 0 Å². The molecule has 176 valence electrons. The summed E-state index contributed by atoms with van der Waals surface area (Å²) in [6.45, 7) is 12.5. The minimum absolute atomic E-state index is 0.0365. The van der Waals surface area contributed by atoms with Crippen molar-refractivity contribution >= 4 is 23.1 Å². The van der Waals surface area contributed by atoms with Gasteiger partial charge in [0.2, 0.25) is 5.88 Å². The van der Waals surface area contributed by atoms with Gasteiger partial charge < -0.3 is 15.0 Å². The molecule has 0 aliphatic carbocycles. The molecule has 2 aromatic heterocycles.